The van der Waals surface area contributed by atoms with Gasteiger partial charge in [0.15, 0.2) is 0 Å². The highest BCUT2D eigenvalue weighted by Gasteiger charge is 2.21. The number of fused-ring (bicyclic) bond motifs is 1. The molecule has 0 aliphatic rings. The van der Waals surface area contributed by atoms with Crippen LogP contribution in [-0.2, 0) is 9.53 Å². The summed E-state index contributed by atoms with van der Waals surface area (Å²) in [5, 5.41) is 3.69. The van der Waals surface area contributed by atoms with Crippen LogP contribution in [0.4, 0.5) is 4.79 Å². The van der Waals surface area contributed by atoms with Gasteiger partial charge in [0.25, 0.3) is 0 Å². The lowest BCUT2D eigenvalue weighted by atomic mass is 10.2. The molecule has 1 atom stereocenters. The molecule has 2 amide bonds. The zero-order valence-electron chi connectivity index (χ0n) is 16.2. The van der Waals surface area contributed by atoms with Gasteiger partial charge >= 0.3 is 6.09 Å². The largest absolute Gasteiger partial charge is 0.459 e. The standard InChI is InChI=1S/C20H28N2O4/c1-14(17-13-15-9-6-7-10-16(15)25-17)22(5)18(23)11-8-12-21-19(24)26-20(2,3)4/h6-7,9-10,13-14H,8,11-12H2,1-5H3,(H,21,24). The van der Waals surface area contributed by atoms with Gasteiger partial charge in [-0.15, -0.1) is 0 Å². The van der Waals surface area contributed by atoms with Gasteiger partial charge in [-0.2, -0.15) is 0 Å². The van der Waals surface area contributed by atoms with Gasteiger partial charge in [0, 0.05) is 25.4 Å². The summed E-state index contributed by atoms with van der Waals surface area (Å²) in [4.78, 5) is 25.6. The zero-order valence-corrected chi connectivity index (χ0v) is 16.2. The van der Waals surface area contributed by atoms with E-state index in [1.807, 2.05) is 58.0 Å². The van der Waals surface area contributed by atoms with E-state index < -0.39 is 11.7 Å². The van der Waals surface area contributed by atoms with Crippen molar-refractivity contribution in [2.75, 3.05) is 13.6 Å². The molecule has 0 saturated carbocycles. The van der Waals surface area contributed by atoms with Gasteiger partial charge in [-0.25, -0.2) is 4.79 Å². The summed E-state index contributed by atoms with van der Waals surface area (Å²) >= 11 is 0. The molecule has 0 aliphatic carbocycles. The average molecular weight is 360 g/mol. The summed E-state index contributed by atoms with van der Waals surface area (Å²) in [6, 6.07) is 9.59. The highest BCUT2D eigenvalue weighted by atomic mass is 16.6. The van der Waals surface area contributed by atoms with E-state index in [9.17, 15) is 9.59 Å². The summed E-state index contributed by atoms with van der Waals surface area (Å²) in [5.74, 6) is 0.762. The summed E-state index contributed by atoms with van der Waals surface area (Å²) in [6.45, 7) is 7.77. The summed E-state index contributed by atoms with van der Waals surface area (Å²) in [7, 11) is 1.77. The molecule has 0 fully saturated rings. The maximum Gasteiger partial charge on any atom is 0.407 e. The quantitative estimate of drug-likeness (QED) is 0.782. The van der Waals surface area contributed by atoms with E-state index >= 15 is 0 Å². The molecule has 1 aromatic heterocycles. The number of furan rings is 1. The number of hydrogen-bond donors (Lipinski definition) is 1. The molecule has 26 heavy (non-hydrogen) atoms. The van der Waals surface area contributed by atoms with Crippen molar-refractivity contribution in [2.45, 2.75) is 52.2 Å². The minimum absolute atomic E-state index is 0.00365. The van der Waals surface area contributed by atoms with Crippen molar-refractivity contribution in [2.24, 2.45) is 0 Å². The maximum atomic E-state index is 12.4. The third kappa shape index (κ3) is 5.51. The summed E-state index contributed by atoms with van der Waals surface area (Å²) in [6.07, 6.45) is 0.431. The van der Waals surface area contributed by atoms with Crippen molar-refractivity contribution in [3.63, 3.8) is 0 Å². The Balaban J connectivity index is 1.80. The van der Waals surface area contributed by atoms with Crippen LogP contribution in [0.3, 0.4) is 0 Å². The Bertz CT molecular complexity index is 728. The van der Waals surface area contributed by atoms with Gasteiger partial charge in [0.2, 0.25) is 5.91 Å². The predicted octanol–water partition coefficient (Wildman–Crippen LogP) is 4.26. The molecule has 1 N–H and O–H groups in total. The van der Waals surface area contributed by atoms with Gasteiger partial charge < -0.3 is 19.4 Å². The Morgan fingerprint density at radius 1 is 1.27 bits per heavy atom. The Kier molecular flexibility index (Phi) is 6.29. The lowest BCUT2D eigenvalue weighted by Crippen LogP contribution is -2.34. The number of carbonyl (C=O) groups excluding carboxylic acids is 2. The van der Waals surface area contributed by atoms with Crippen molar-refractivity contribution in [1.29, 1.82) is 0 Å². The van der Waals surface area contributed by atoms with Crippen molar-refractivity contribution in [3.8, 4) is 0 Å². The molecular weight excluding hydrogens is 332 g/mol. The number of rotatable bonds is 6. The second-order valence-electron chi connectivity index (χ2n) is 7.40. The van der Waals surface area contributed by atoms with E-state index in [0.717, 1.165) is 16.7 Å². The normalized spacial score (nSPS) is 12.7. The molecule has 6 heteroatoms. The first-order chi connectivity index (χ1) is 12.2. The highest BCUT2D eigenvalue weighted by Crippen LogP contribution is 2.27. The molecule has 6 nitrogen and oxygen atoms in total. The third-order valence-corrected chi connectivity index (χ3v) is 4.07. The van der Waals surface area contributed by atoms with E-state index in [2.05, 4.69) is 5.32 Å². The molecule has 0 aliphatic heterocycles. The lowest BCUT2D eigenvalue weighted by molar-refractivity contribution is -0.132. The minimum Gasteiger partial charge on any atom is -0.459 e. The molecule has 0 spiro atoms. The Morgan fingerprint density at radius 2 is 1.96 bits per heavy atom. The minimum atomic E-state index is -0.526. The Morgan fingerprint density at radius 3 is 2.62 bits per heavy atom. The number of alkyl carbamates (subject to hydrolysis) is 1. The average Bonchev–Trinajstić information content (AvgIpc) is 2.99. The molecule has 1 aromatic carbocycles. The summed E-state index contributed by atoms with van der Waals surface area (Å²) < 4.78 is 11.0. The van der Waals surface area contributed by atoms with E-state index in [4.69, 9.17) is 9.15 Å². The lowest BCUT2D eigenvalue weighted by Gasteiger charge is -2.23. The van der Waals surface area contributed by atoms with Crippen LogP contribution in [0.25, 0.3) is 11.0 Å². The first kappa shape index (κ1) is 19.8. The Labute approximate surface area is 154 Å². The van der Waals surface area contributed by atoms with Gasteiger partial charge in [-0.3, -0.25) is 4.79 Å². The molecule has 0 saturated heterocycles. The number of nitrogens with one attached hydrogen (secondary N) is 1. The number of nitrogens with zero attached hydrogens (tertiary/aromatic N) is 1. The molecule has 0 radical (unpaired) electrons. The van der Waals surface area contributed by atoms with E-state index in [1.165, 1.54) is 0 Å². The van der Waals surface area contributed by atoms with Crippen molar-refractivity contribution in [1.82, 2.24) is 10.2 Å². The van der Waals surface area contributed by atoms with Crippen molar-refractivity contribution < 1.29 is 18.7 Å². The van der Waals surface area contributed by atoms with Crippen LogP contribution < -0.4 is 5.32 Å². The van der Waals surface area contributed by atoms with Gasteiger partial charge in [-0.1, -0.05) is 18.2 Å². The first-order valence-electron chi connectivity index (χ1n) is 8.88. The van der Waals surface area contributed by atoms with Gasteiger partial charge in [0.05, 0.1) is 6.04 Å². The fraction of sp³-hybridized carbons (Fsp3) is 0.500. The second kappa shape index (κ2) is 8.25. The van der Waals surface area contributed by atoms with Crippen LogP contribution >= 0.6 is 0 Å². The van der Waals surface area contributed by atoms with Crippen LogP contribution in [0.15, 0.2) is 34.7 Å². The molecule has 0 bridgehead atoms. The summed E-state index contributed by atoms with van der Waals surface area (Å²) in [5.41, 5.74) is 0.291. The van der Waals surface area contributed by atoms with Crippen LogP contribution in [0, 0.1) is 0 Å². The number of para-hydroxylation sites is 1. The van der Waals surface area contributed by atoms with Crippen LogP contribution in [0.5, 0.6) is 0 Å². The third-order valence-electron chi connectivity index (χ3n) is 4.07. The molecule has 142 valence electrons. The van der Waals surface area contributed by atoms with Crippen LogP contribution in [0.2, 0.25) is 0 Å². The van der Waals surface area contributed by atoms with Crippen molar-refractivity contribution >= 4 is 23.0 Å². The number of carbonyl (C=O) groups is 2. The van der Waals surface area contributed by atoms with E-state index in [1.54, 1.807) is 11.9 Å². The number of amides is 2. The molecule has 2 rings (SSSR count). The number of ether oxygens (including phenoxy) is 1. The van der Waals surface area contributed by atoms with E-state index in [-0.39, 0.29) is 11.9 Å². The molecule has 2 aromatic rings. The molecule has 1 heterocycles. The predicted molar refractivity (Wildman–Crippen MR) is 101 cm³/mol. The topological polar surface area (TPSA) is 71.8 Å². The molecular formula is C20H28N2O4. The fourth-order valence-corrected chi connectivity index (χ4v) is 2.54. The molecule has 1 unspecified atom stereocenters. The van der Waals surface area contributed by atoms with Crippen LogP contribution in [0.1, 0.15) is 52.3 Å². The Hall–Kier alpha value is -2.50. The van der Waals surface area contributed by atoms with Crippen molar-refractivity contribution in [3.05, 3.63) is 36.1 Å². The fourth-order valence-electron chi connectivity index (χ4n) is 2.54. The maximum absolute atomic E-state index is 12.4. The van der Waals surface area contributed by atoms with Crippen LogP contribution in [-0.4, -0.2) is 36.1 Å². The van der Waals surface area contributed by atoms with Gasteiger partial charge in [0.1, 0.15) is 16.9 Å². The first-order valence-corrected chi connectivity index (χ1v) is 8.88. The van der Waals surface area contributed by atoms with Gasteiger partial charge in [-0.05, 0) is 46.2 Å². The number of hydrogen-bond acceptors (Lipinski definition) is 4. The highest BCUT2D eigenvalue weighted by molar-refractivity contribution is 5.79. The second-order valence-corrected chi connectivity index (χ2v) is 7.40. The SMILES string of the molecule is CC(c1cc2ccccc2o1)N(C)C(=O)CCCNC(=O)OC(C)(C)C. The smallest absolute Gasteiger partial charge is 0.407 e. The monoisotopic (exact) mass is 360 g/mol. The number of benzene rings is 1. The van der Waals surface area contributed by atoms with E-state index in [0.29, 0.717) is 19.4 Å². The zero-order chi connectivity index (χ0) is 19.3.